The average Bonchev–Trinajstić information content (AvgIpc) is 3.93. The maximum absolute atomic E-state index is 5.46. The first-order chi connectivity index (χ1) is 25.0. The summed E-state index contributed by atoms with van der Waals surface area (Å²) >= 11 is 0. The summed E-state index contributed by atoms with van der Waals surface area (Å²) < 4.78 is 0. The Morgan fingerprint density at radius 1 is 0.385 bits per heavy atom. The molecular weight excluding hydrogens is 649 g/mol. The highest BCUT2D eigenvalue weighted by molar-refractivity contribution is 5.96. The third-order valence-electron chi connectivity index (χ3n) is 10.5. The second-order valence-corrected chi connectivity index (χ2v) is 14.9. The highest BCUT2D eigenvalue weighted by Crippen LogP contribution is 2.38. The summed E-state index contributed by atoms with van der Waals surface area (Å²) in [5.41, 5.74) is 16.4. The van der Waals surface area contributed by atoms with Gasteiger partial charge in [0, 0.05) is 103 Å². The number of hydrogen-bond donors (Lipinski definition) is 2. The summed E-state index contributed by atoms with van der Waals surface area (Å²) in [5.74, 6) is 0. The number of fused-ring (bicyclic) bond motifs is 8. The molecule has 0 unspecified atom stereocenters. The van der Waals surface area contributed by atoms with E-state index in [-0.39, 0.29) is 0 Å². The van der Waals surface area contributed by atoms with Crippen LogP contribution >= 0.6 is 0 Å². The van der Waals surface area contributed by atoms with Gasteiger partial charge in [-0.15, -0.1) is 0 Å². The van der Waals surface area contributed by atoms with Gasteiger partial charge < -0.3 is 49.2 Å². The van der Waals surface area contributed by atoms with Crippen LogP contribution in [0, 0.1) is 0 Å². The monoisotopic (exact) mass is 694 g/mol. The van der Waals surface area contributed by atoms with Gasteiger partial charge in [-0.25, -0.2) is 9.97 Å². The minimum absolute atomic E-state index is 0.800. The van der Waals surface area contributed by atoms with Gasteiger partial charge in [-0.3, -0.25) is 0 Å². The molecule has 6 aliphatic rings. The standard InChI is InChI=1S/C40H46N12/c1-45-17-33(49(5)21-45)37-25-9-11-27(41-25)38(34-18-46(2)22-50(34)6)29-13-15-31(43-29)40(36-20-48(4)24-52(36)8)32-16-14-30(44-32)39(28-12-10-26(37)42-28)35-19-47(3)23-51(35)7/h9-20,41,44H,21-24H2,1-8H3. The number of hydrogen-bond acceptors (Lipinski definition) is 10. The lowest BCUT2D eigenvalue weighted by molar-refractivity contribution is 0.347. The lowest BCUT2D eigenvalue weighted by Crippen LogP contribution is -2.20. The topological polar surface area (TPSA) is 83.3 Å². The summed E-state index contributed by atoms with van der Waals surface area (Å²) in [5, 5.41) is 0. The largest absolute Gasteiger partial charge is 0.361 e. The molecule has 52 heavy (non-hydrogen) atoms. The third kappa shape index (κ3) is 5.11. The van der Waals surface area contributed by atoms with Crippen LogP contribution in [0.2, 0.25) is 0 Å². The Kier molecular flexibility index (Phi) is 7.21. The smallest absolute Gasteiger partial charge is 0.0893 e. The average molecular weight is 695 g/mol. The van der Waals surface area contributed by atoms with Gasteiger partial charge in [0.25, 0.3) is 0 Å². The fourth-order valence-corrected chi connectivity index (χ4v) is 8.34. The number of nitrogens with one attached hydrogen (secondary N) is 2. The minimum atomic E-state index is 0.800. The van der Waals surface area contributed by atoms with Crippen molar-refractivity contribution < 1.29 is 0 Å². The van der Waals surface area contributed by atoms with Gasteiger partial charge in [0.1, 0.15) is 0 Å². The van der Waals surface area contributed by atoms with Gasteiger partial charge >= 0.3 is 0 Å². The Hall–Kier alpha value is -6.04. The van der Waals surface area contributed by atoms with E-state index in [0.717, 1.165) is 117 Å². The molecular formula is C40H46N12. The van der Waals surface area contributed by atoms with Crippen molar-refractivity contribution in [2.45, 2.75) is 0 Å². The van der Waals surface area contributed by atoms with Crippen molar-refractivity contribution >= 4 is 69.2 Å². The summed E-state index contributed by atoms with van der Waals surface area (Å²) in [6.45, 7) is 3.20. The predicted octanol–water partition coefficient (Wildman–Crippen LogP) is 5.19. The molecule has 9 rings (SSSR count). The molecule has 12 heteroatoms. The lowest BCUT2D eigenvalue weighted by Gasteiger charge is -2.18. The maximum atomic E-state index is 5.46. The number of nitrogens with zero attached hydrogens (tertiary/aromatic N) is 10. The van der Waals surface area contributed by atoms with Crippen molar-refractivity contribution in [3.63, 3.8) is 0 Å². The van der Waals surface area contributed by atoms with Gasteiger partial charge in [0.05, 0.1) is 94.3 Å². The predicted molar refractivity (Wildman–Crippen MR) is 212 cm³/mol. The lowest BCUT2D eigenvalue weighted by atomic mass is 10.1. The maximum Gasteiger partial charge on any atom is 0.0893 e. The van der Waals surface area contributed by atoms with E-state index in [1.807, 2.05) is 0 Å². The second kappa shape index (κ2) is 11.8. The molecule has 2 N–H and O–H groups in total. The number of aromatic nitrogens is 4. The molecule has 0 saturated heterocycles. The second-order valence-electron chi connectivity index (χ2n) is 14.9. The van der Waals surface area contributed by atoms with Crippen LogP contribution in [0.3, 0.4) is 0 Å². The van der Waals surface area contributed by atoms with Gasteiger partial charge in [0.15, 0.2) is 0 Å². The van der Waals surface area contributed by atoms with Crippen LogP contribution in [-0.2, 0) is 0 Å². The number of H-pyrrole nitrogens is 2. The van der Waals surface area contributed by atoms with Crippen LogP contribution in [0.5, 0.6) is 0 Å². The minimum Gasteiger partial charge on any atom is -0.361 e. The van der Waals surface area contributed by atoms with Crippen molar-refractivity contribution in [3.05, 3.63) is 94.1 Å². The van der Waals surface area contributed by atoms with Crippen molar-refractivity contribution in [2.75, 3.05) is 83.1 Å². The van der Waals surface area contributed by atoms with Crippen molar-refractivity contribution in [1.82, 2.24) is 59.1 Å². The van der Waals surface area contributed by atoms with E-state index < -0.39 is 0 Å². The molecule has 0 saturated carbocycles. The molecule has 3 aromatic rings. The van der Waals surface area contributed by atoms with Gasteiger partial charge in [0.2, 0.25) is 0 Å². The van der Waals surface area contributed by atoms with E-state index in [9.17, 15) is 0 Å². The Balaban J connectivity index is 1.45. The Bertz CT molecular complexity index is 2050. The van der Waals surface area contributed by atoms with E-state index >= 15 is 0 Å². The Morgan fingerprint density at radius 3 is 0.808 bits per heavy atom. The molecule has 3 aromatic heterocycles. The van der Waals surface area contributed by atoms with Crippen molar-refractivity contribution in [2.24, 2.45) is 0 Å². The van der Waals surface area contributed by atoms with Crippen LogP contribution in [-0.4, -0.2) is 142 Å². The molecule has 6 aliphatic heterocycles. The molecule has 8 bridgehead atoms. The van der Waals surface area contributed by atoms with Gasteiger partial charge in [-0.05, 0) is 48.6 Å². The van der Waals surface area contributed by atoms with Crippen LogP contribution in [0.15, 0.2) is 49.1 Å². The fourth-order valence-electron chi connectivity index (χ4n) is 8.34. The van der Waals surface area contributed by atoms with Crippen LogP contribution in [0.4, 0.5) is 0 Å². The summed E-state index contributed by atoms with van der Waals surface area (Å²) in [4.78, 5) is 36.7. The van der Waals surface area contributed by atoms with Crippen LogP contribution in [0.1, 0.15) is 45.0 Å². The summed E-state index contributed by atoms with van der Waals surface area (Å²) in [6.07, 6.45) is 17.5. The zero-order valence-electron chi connectivity index (χ0n) is 31.2. The quantitative estimate of drug-likeness (QED) is 0.263. The molecule has 0 aromatic carbocycles. The van der Waals surface area contributed by atoms with E-state index in [1.54, 1.807) is 0 Å². The first-order valence-corrected chi connectivity index (χ1v) is 17.7. The molecule has 0 amide bonds. The zero-order valence-corrected chi connectivity index (χ0v) is 31.2. The molecule has 0 fully saturated rings. The third-order valence-corrected chi connectivity index (χ3v) is 10.5. The molecule has 9 heterocycles. The van der Waals surface area contributed by atoms with E-state index in [1.165, 1.54) is 0 Å². The van der Waals surface area contributed by atoms with Crippen molar-refractivity contribution in [3.8, 4) is 0 Å². The summed E-state index contributed by atoms with van der Waals surface area (Å²) in [7, 11) is 17.0. The van der Waals surface area contributed by atoms with Crippen molar-refractivity contribution in [1.29, 1.82) is 0 Å². The molecule has 0 radical (unpaired) electrons. The van der Waals surface area contributed by atoms with Gasteiger partial charge in [-0.2, -0.15) is 0 Å². The first-order valence-electron chi connectivity index (χ1n) is 17.7. The molecule has 0 aliphatic carbocycles. The highest BCUT2D eigenvalue weighted by atomic mass is 15.4. The Morgan fingerprint density at radius 2 is 0.615 bits per heavy atom. The molecule has 266 valence electrons. The van der Waals surface area contributed by atoms with Crippen LogP contribution < -0.4 is 0 Å². The summed E-state index contributed by atoms with van der Waals surface area (Å²) in [6, 6.07) is 8.79. The highest BCUT2D eigenvalue weighted by Gasteiger charge is 2.28. The number of aromatic amines is 2. The first kappa shape index (κ1) is 31.9. The molecule has 0 spiro atoms. The van der Waals surface area contributed by atoms with Gasteiger partial charge in [-0.1, -0.05) is 0 Å². The fraction of sp³-hybridized carbons (Fsp3) is 0.300. The Labute approximate surface area is 304 Å². The SMILES string of the molecule is CN1C=C(c2c3nc(c(C4=CN(C)CN4C)c4ccc([nH]4)c(C4=CN(C)CN4C)c4nc(c(C5=CN(C)CN5C)c5ccc2[nH]5)C=C4)C=C3)N(C)C1. The normalized spacial score (nSPS) is 18.5. The van der Waals surface area contributed by atoms with Crippen LogP contribution in [0.25, 0.3) is 69.2 Å². The molecule has 0 atom stereocenters. The zero-order chi connectivity index (χ0) is 36.0. The van der Waals surface area contributed by atoms with E-state index in [2.05, 4.69) is 179 Å². The molecule has 12 nitrogen and oxygen atoms in total. The van der Waals surface area contributed by atoms with E-state index in [4.69, 9.17) is 9.97 Å². The van der Waals surface area contributed by atoms with E-state index in [0.29, 0.717) is 0 Å². The number of rotatable bonds is 4.